The SMILES string of the molecule is CSc1ccc(C2c3c(oc4cc(C)c(C)cc4c3=O)C(=O)N2CCCOC(C)C)cc1. The molecule has 0 bridgehead atoms. The van der Waals surface area contributed by atoms with Crippen LogP contribution in [-0.2, 0) is 4.74 Å². The number of nitrogens with zero attached hydrogens (tertiary/aromatic N) is 1. The molecule has 4 rings (SSSR count). The second kappa shape index (κ2) is 9.12. The van der Waals surface area contributed by atoms with E-state index >= 15 is 0 Å². The molecule has 32 heavy (non-hydrogen) atoms. The number of benzene rings is 2. The monoisotopic (exact) mass is 451 g/mol. The van der Waals surface area contributed by atoms with Crippen LogP contribution < -0.4 is 5.43 Å². The lowest BCUT2D eigenvalue weighted by Gasteiger charge is -2.25. The van der Waals surface area contributed by atoms with E-state index in [9.17, 15) is 9.59 Å². The second-order valence-electron chi connectivity index (χ2n) is 8.55. The third kappa shape index (κ3) is 4.09. The molecule has 3 aromatic rings. The molecule has 168 valence electrons. The molecule has 0 spiro atoms. The zero-order valence-electron chi connectivity index (χ0n) is 19.2. The molecule has 1 amide bonds. The summed E-state index contributed by atoms with van der Waals surface area (Å²) in [4.78, 5) is 29.9. The van der Waals surface area contributed by atoms with Crippen LogP contribution in [0.25, 0.3) is 11.0 Å². The first-order chi connectivity index (χ1) is 15.3. The zero-order valence-corrected chi connectivity index (χ0v) is 20.0. The highest BCUT2D eigenvalue weighted by Gasteiger charge is 2.42. The third-order valence-corrected chi connectivity index (χ3v) is 6.75. The van der Waals surface area contributed by atoms with Gasteiger partial charge in [0.25, 0.3) is 5.91 Å². The Morgan fingerprint density at radius 3 is 2.44 bits per heavy atom. The first-order valence-corrected chi connectivity index (χ1v) is 12.2. The Morgan fingerprint density at radius 2 is 1.78 bits per heavy atom. The van der Waals surface area contributed by atoms with Gasteiger partial charge in [0.05, 0.1) is 23.1 Å². The van der Waals surface area contributed by atoms with Gasteiger partial charge in [0, 0.05) is 18.0 Å². The largest absolute Gasteiger partial charge is 0.450 e. The maximum Gasteiger partial charge on any atom is 0.290 e. The molecule has 0 radical (unpaired) electrons. The number of fused-ring (bicyclic) bond motifs is 2. The minimum atomic E-state index is -0.463. The topological polar surface area (TPSA) is 59.8 Å². The van der Waals surface area contributed by atoms with Crippen molar-refractivity contribution in [1.82, 2.24) is 4.90 Å². The first kappa shape index (κ1) is 22.6. The van der Waals surface area contributed by atoms with Crippen LogP contribution in [-0.4, -0.2) is 36.3 Å². The number of rotatable bonds is 7. The standard InChI is InChI=1S/C26H29NO4S/c1-15(2)30-12-6-11-27-23(18-7-9-19(32-5)10-8-18)22-24(28)20-13-16(3)17(4)14-21(20)31-25(22)26(27)29/h7-10,13-15,23H,6,11-12H2,1-5H3. The van der Waals surface area contributed by atoms with Crippen LogP contribution in [0.1, 0.15) is 59.1 Å². The molecule has 1 aliphatic heterocycles. The summed E-state index contributed by atoms with van der Waals surface area (Å²) in [6.07, 6.45) is 2.84. The van der Waals surface area contributed by atoms with Gasteiger partial charge in [-0.25, -0.2) is 0 Å². The van der Waals surface area contributed by atoms with E-state index in [1.807, 2.05) is 70.3 Å². The summed E-state index contributed by atoms with van der Waals surface area (Å²) >= 11 is 1.66. The van der Waals surface area contributed by atoms with E-state index in [2.05, 4.69) is 0 Å². The number of carbonyl (C=O) groups is 1. The molecule has 5 nitrogen and oxygen atoms in total. The average molecular weight is 452 g/mol. The van der Waals surface area contributed by atoms with Crippen molar-refractivity contribution in [1.29, 1.82) is 0 Å². The van der Waals surface area contributed by atoms with E-state index in [0.29, 0.717) is 36.1 Å². The van der Waals surface area contributed by atoms with Gasteiger partial charge in [-0.05, 0) is 81.3 Å². The highest BCUT2D eigenvalue weighted by molar-refractivity contribution is 7.98. The number of ether oxygens (including phenoxy) is 1. The molecule has 2 heterocycles. The van der Waals surface area contributed by atoms with Crippen LogP contribution in [0.5, 0.6) is 0 Å². The quantitative estimate of drug-likeness (QED) is 0.351. The summed E-state index contributed by atoms with van der Waals surface area (Å²) in [5, 5.41) is 0.523. The van der Waals surface area contributed by atoms with Gasteiger partial charge in [0.2, 0.25) is 5.76 Å². The van der Waals surface area contributed by atoms with E-state index in [1.54, 1.807) is 16.7 Å². The highest BCUT2D eigenvalue weighted by Crippen LogP contribution is 2.39. The zero-order chi connectivity index (χ0) is 23.0. The predicted molar refractivity (Wildman–Crippen MR) is 129 cm³/mol. The van der Waals surface area contributed by atoms with Crippen LogP contribution in [0.15, 0.2) is 50.5 Å². The van der Waals surface area contributed by atoms with Crippen molar-refractivity contribution in [2.75, 3.05) is 19.4 Å². The minimum absolute atomic E-state index is 0.127. The Hall–Kier alpha value is -2.57. The summed E-state index contributed by atoms with van der Waals surface area (Å²) in [5.41, 5.74) is 3.74. The Labute approximate surface area is 192 Å². The number of aryl methyl sites for hydroxylation is 2. The van der Waals surface area contributed by atoms with Gasteiger partial charge in [-0.15, -0.1) is 11.8 Å². The summed E-state index contributed by atoms with van der Waals surface area (Å²) < 4.78 is 11.8. The summed E-state index contributed by atoms with van der Waals surface area (Å²) in [7, 11) is 0. The van der Waals surface area contributed by atoms with Gasteiger partial charge in [-0.2, -0.15) is 0 Å². The van der Waals surface area contributed by atoms with Crippen molar-refractivity contribution >= 4 is 28.6 Å². The maximum absolute atomic E-state index is 13.6. The van der Waals surface area contributed by atoms with Crippen molar-refractivity contribution in [3.8, 4) is 0 Å². The third-order valence-electron chi connectivity index (χ3n) is 6.01. The van der Waals surface area contributed by atoms with Gasteiger partial charge in [-0.3, -0.25) is 9.59 Å². The van der Waals surface area contributed by atoms with Crippen molar-refractivity contribution in [2.24, 2.45) is 0 Å². The molecule has 0 fully saturated rings. The minimum Gasteiger partial charge on any atom is -0.450 e. The van der Waals surface area contributed by atoms with Crippen LogP contribution >= 0.6 is 11.8 Å². The lowest BCUT2D eigenvalue weighted by atomic mass is 9.97. The fraction of sp³-hybridized carbons (Fsp3) is 0.385. The maximum atomic E-state index is 13.6. The Kier molecular flexibility index (Phi) is 6.45. The van der Waals surface area contributed by atoms with Gasteiger partial charge >= 0.3 is 0 Å². The lowest BCUT2D eigenvalue weighted by molar-refractivity contribution is 0.0593. The fourth-order valence-corrected chi connectivity index (χ4v) is 4.60. The van der Waals surface area contributed by atoms with Gasteiger partial charge in [0.1, 0.15) is 5.58 Å². The predicted octanol–water partition coefficient (Wildman–Crippen LogP) is 5.49. The number of thioether (sulfide) groups is 1. The van der Waals surface area contributed by atoms with Gasteiger partial charge < -0.3 is 14.1 Å². The van der Waals surface area contributed by atoms with Crippen LogP contribution in [0.2, 0.25) is 0 Å². The van der Waals surface area contributed by atoms with Crippen LogP contribution in [0.3, 0.4) is 0 Å². The van der Waals surface area contributed by atoms with Crippen molar-refractivity contribution in [3.63, 3.8) is 0 Å². The molecule has 0 N–H and O–H groups in total. The summed E-state index contributed by atoms with van der Waals surface area (Å²) in [6, 6.07) is 11.3. The Morgan fingerprint density at radius 1 is 1.09 bits per heavy atom. The average Bonchev–Trinajstić information content (AvgIpc) is 3.05. The summed E-state index contributed by atoms with van der Waals surface area (Å²) in [5.74, 6) is -0.0739. The first-order valence-electron chi connectivity index (χ1n) is 11.0. The van der Waals surface area contributed by atoms with E-state index in [4.69, 9.17) is 9.15 Å². The van der Waals surface area contributed by atoms with Crippen molar-refractivity contribution in [2.45, 2.75) is 51.2 Å². The number of hydrogen-bond acceptors (Lipinski definition) is 5. The molecule has 0 saturated carbocycles. The number of amides is 1. The highest BCUT2D eigenvalue weighted by atomic mass is 32.2. The molecule has 0 aliphatic carbocycles. The molecule has 2 aromatic carbocycles. The molecule has 6 heteroatoms. The van der Waals surface area contributed by atoms with E-state index in [0.717, 1.165) is 21.6 Å². The van der Waals surface area contributed by atoms with Crippen LogP contribution in [0, 0.1) is 13.8 Å². The van der Waals surface area contributed by atoms with Crippen molar-refractivity contribution < 1.29 is 13.9 Å². The number of hydrogen-bond donors (Lipinski definition) is 0. The molecule has 1 aromatic heterocycles. The summed E-state index contributed by atoms with van der Waals surface area (Å²) in [6.45, 7) is 8.97. The normalized spacial score (nSPS) is 15.8. The molecule has 1 atom stereocenters. The molecular formula is C26H29NO4S. The van der Waals surface area contributed by atoms with E-state index in [1.165, 1.54) is 0 Å². The smallest absolute Gasteiger partial charge is 0.290 e. The molecular weight excluding hydrogens is 422 g/mol. The van der Waals surface area contributed by atoms with Gasteiger partial charge in [-0.1, -0.05) is 12.1 Å². The Balaban J connectivity index is 1.83. The van der Waals surface area contributed by atoms with E-state index < -0.39 is 6.04 Å². The van der Waals surface area contributed by atoms with Gasteiger partial charge in [0.15, 0.2) is 5.43 Å². The molecule has 1 aliphatic rings. The Bertz CT molecular complexity index is 1210. The fourth-order valence-electron chi connectivity index (χ4n) is 4.19. The number of carbonyl (C=O) groups excluding carboxylic acids is 1. The van der Waals surface area contributed by atoms with Crippen molar-refractivity contribution in [3.05, 3.63) is 74.6 Å². The van der Waals surface area contributed by atoms with Crippen LogP contribution in [0.4, 0.5) is 0 Å². The second-order valence-corrected chi connectivity index (χ2v) is 9.43. The molecule has 1 unspecified atom stereocenters. The lowest BCUT2D eigenvalue weighted by Crippen LogP contribution is -2.31. The van der Waals surface area contributed by atoms with E-state index in [-0.39, 0.29) is 23.2 Å². The molecule has 0 saturated heterocycles.